The van der Waals surface area contributed by atoms with Crippen LogP contribution in [0.4, 0.5) is 0 Å². The van der Waals surface area contributed by atoms with Crippen LogP contribution in [0.3, 0.4) is 0 Å². The lowest BCUT2D eigenvalue weighted by Gasteiger charge is -2.30. The number of carbonyl (C=O) groups excluding carboxylic acids is 1. The normalized spacial score (nSPS) is 13.1. The van der Waals surface area contributed by atoms with E-state index >= 15 is 0 Å². The Bertz CT molecular complexity index is 1210. The van der Waals surface area contributed by atoms with E-state index in [1.165, 1.54) is 5.69 Å². The van der Waals surface area contributed by atoms with Gasteiger partial charge in [0.25, 0.3) is 0 Å². The van der Waals surface area contributed by atoms with Crippen molar-refractivity contribution in [3.63, 3.8) is 0 Å². The first-order valence-electron chi connectivity index (χ1n) is 15.9. The molecule has 8 heteroatoms. The van der Waals surface area contributed by atoms with Gasteiger partial charge in [0.05, 0.1) is 24.2 Å². The summed E-state index contributed by atoms with van der Waals surface area (Å²) in [6.45, 7) is 41.0. The number of aromatic nitrogens is 6. The minimum Gasteiger partial charge on any atom is -0.461 e. The molecule has 3 heterocycles. The fraction of sp³-hybridized carbons (Fsp3) is 0.722. The number of hydrogen-bond donors (Lipinski definition) is 0. The highest BCUT2D eigenvalue weighted by atomic mass is 16.5. The van der Waals surface area contributed by atoms with Crippen molar-refractivity contribution in [2.75, 3.05) is 6.61 Å². The summed E-state index contributed by atoms with van der Waals surface area (Å²) in [6.07, 6.45) is 7.55. The highest BCUT2D eigenvalue weighted by Gasteiger charge is 2.32. The largest absolute Gasteiger partial charge is 0.461 e. The second-order valence-corrected chi connectivity index (χ2v) is 17.5. The molecule has 44 heavy (non-hydrogen) atoms. The summed E-state index contributed by atoms with van der Waals surface area (Å²) in [5, 5.41) is 4.37. The van der Waals surface area contributed by atoms with E-state index in [0.29, 0.717) is 12.3 Å². The minimum atomic E-state index is -0.342. The van der Waals surface area contributed by atoms with Crippen LogP contribution in [0.15, 0.2) is 31.0 Å². The SMILES string of the molecule is CC(C)(C)c1ccnn1C(C)(C)C.CC(C)(C)c1nccn1C(C)(C)C.CCOC(=O)c1ncn(C(C)(C)C)c1C(C)(C)C. The molecule has 0 N–H and O–H groups in total. The molecule has 0 saturated heterocycles. The Morgan fingerprint density at radius 2 is 1.20 bits per heavy atom. The molecule has 3 rings (SSSR count). The molecule has 0 saturated carbocycles. The molecule has 0 bridgehead atoms. The number of carbonyl (C=O) groups is 1. The van der Waals surface area contributed by atoms with E-state index in [2.05, 4.69) is 166 Å². The third kappa shape index (κ3) is 10.6. The minimum absolute atomic E-state index is 0.0755. The van der Waals surface area contributed by atoms with Crippen LogP contribution in [0.2, 0.25) is 0 Å². The highest BCUT2D eigenvalue weighted by Crippen LogP contribution is 2.31. The van der Waals surface area contributed by atoms with Crippen LogP contribution in [0.5, 0.6) is 0 Å². The van der Waals surface area contributed by atoms with Crippen LogP contribution >= 0.6 is 0 Å². The van der Waals surface area contributed by atoms with Gasteiger partial charge in [-0.1, -0.05) is 62.3 Å². The van der Waals surface area contributed by atoms with Gasteiger partial charge in [0, 0.05) is 51.6 Å². The molecule has 0 aliphatic rings. The molecule has 8 nitrogen and oxygen atoms in total. The first-order chi connectivity index (χ1) is 19.5. The summed E-state index contributed by atoms with van der Waals surface area (Å²) in [7, 11) is 0. The van der Waals surface area contributed by atoms with Crippen molar-refractivity contribution in [3.8, 4) is 0 Å². The average molecular weight is 613 g/mol. The Balaban J connectivity index is 0.000000337. The number of hydrogen-bond acceptors (Lipinski definition) is 5. The summed E-state index contributed by atoms with van der Waals surface area (Å²) >= 11 is 0. The molecule has 3 aromatic heterocycles. The van der Waals surface area contributed by atoms with Crippen molar-refractivity contribution in [3.05, 3.63) is 53.9 Å². The quantitative estimate of drug-likeness (QED) is 0.270. The highest BCUT2D eigenvalue weighted by molar-refractivity contribution is 5.89. The third-order valence-electron chi connectivity index (χ3n) is 6.75. The van der Waals surface area contributed by atoms with Gasteiger partial charge in [0.2, 0.25) is 0 Å². The molecule has 0 fully saturated rings. The average Bonchev–Trinajstić information content (AvgIpc) is 3.57. The first-order valence-corrected chi connectivity index (χ1v) is 15.9. The van der Waals surface area contributed by atoms with E-state index in [4.69, 9.17) is 4.74 Å². The van der Waals surface area contributed by atoms with Gasteiger partial charge in [0.1, 0.15) is 5.82 Å². The molecule has 3 aromatic rings. The second-order valence-electron chi connectivity index (χ2n) is 17.5. The number of rotatable bonds is 2. The van der Waals surface area contributed by atoms with Gasteiger partial charge < -0.3 is 13.9 Å². The molecule has 0 amide bonds. The van der Waals surface area contributed by atoms with Gasteiger partial charge in [0.15, 0.2) is 5.69 Å². The zero-order valence-electron chi connectivity index (χ0n) is 31.6. The number of nitrogens with zero attached hydrogens (tertiary/aromatic N) is 6. The van der Waals surface area contributed by atoms with Gasteiger partial charge in [-0.25, -0.2) is 14.8 Å². The number of ether oxygens (including phenoxy) is 1. The Morgan fingerprint density at radius 1 is 0.682 bits per heavy atom. The predicted molar refractivity (Wildman–Crippen MR) is 184 cm³/mol. The first kappa shape index (κ1) is 39.1. The molecule has 0 atom stereocenters. The van der Waals surface area contributed by atoms with Crippen molar-refractivity contribution in [1.29, 1.82) is 0 Å². The van der Waals surface area contributed by atoms with Gasteiger partial charge >= 0.3 is 5.97 Å². The summed E-state index contributed by atoms with van der Waals surface area (Å²) in [5.41, 5.74) is 2.87. The zero-order chi connectivity index (χ0) is 34.7. The van der Waals surface area contributed by atoms with Gasteiger partial charge in [-0.05, 0) is 75.3 Å². The summed E-state index contributed by atoms with van der Waals surface area (Å²) in [6, 6.07) is 2.10. The fourth-order valence-electron chi connectivity index (χ4n) is 4.73. The van der Waals surface area contributed by atoms with Crippen molar-refractivity contribution >= 4 is 5.97 Å². The molecular weight excluding hydrogens is 548 g/mol. The maximum atomic E-state index is 12.0. The molecule has 250 valence electrons. The zero-order valence-corrected chi connectivity index (χ0v) is 31.6. The van der Waals surface area contributed by atoms with Crippen LogP contribution in [-0.4, -0.2) is 41.5 Å². The van der Waals surface area contributed by atoms with Crippen LogP contribution in [0.1, 0.15) is 159 Å². The van der Waals surface area contributed by atoms with E-state index in [-0.39, 0.29) is 38.8 Å². The van der Waals surface area contributed by atoms with E-state index in [0.717, 1.165) is 11.5 Å². The van der Waals surface area contributed by atoms with E-state index in [1.807, 2.05) is 12.4 Å². The van der Waals surface area contributed by atoms with Gasteiger partial charge in [-0.2, -0.15) is 5.10 Å². The molecule has 0 radical (unpaired) electrons. The lowest BCUT2D eigenvalue weighted by atomic mass is 9.89. The van der Waals surface area contributed by atoms with E-state index in [1.54, 1.807) is 13.3 Å². The lowest BCUT2D eigenvalue weighted by Crippen LogP contribution is -2.30. The van der Waals surface area contributed by atoms with Crippen molar-refractivity contribution in [2.24, 2.45) is 0 Å². The standard InChI is InChI=1S/C14H24N2O2.2C11H20N2/c1-8-18-12(17)10-11(13(2,3)4)16(9-15-10)14(5,6)7;1-10(2,3)9-12-7-8-13(9)11(4,5)6;1-10(2,3)9-7-8-12-13(9)11(4,5)6/h9H,8H2,1-7H3;2*7-8H,1-6H3. The van der Waals surface area contributed by atoms with Gasteiger partial charge in [-0.15, -0.1) is 0 Å². The molecule has 0 spiro atoms. The maximum absolute atomic E-state index is 12.0. The Morgan fingerprint density at radius 3 is 1.55 bits per heavy atom. The maximum Gasteiger partial charge on any atom is 0.358 e. The van der Waals surface area contributed by atoms with Crippen molar-refractivity contribution in [1.82, 2.24) is 28.9 Å². The van der Waals surface area contributed by atoms with E-state index < -0.39 is 0 Å². The fourth-order valence-corrected chi connectivity index (χ4v) is 4.73. The monoisotopic (exact) mass is 613 g/mol. The molecule has 0 aliphatic heterocycles. The Hall–Kier alpha value is -2.90. The molecule has 0 unspecified atom stereocenters. The second kappa shape index (κ2) is 13.6. The van der Waals surface area contributed by atoms with Crippen LogP contribution < -0.4 is 0 Å². The van der Waals surface area contributed by atoms with Crippen LogP contribution in [0, 0.1) is 0 Å². The summed E-state index contributed by atoms with van der Waals surface area (Å²) < 4.78 is 11.5. The third-order valence-corrected chi connectivity index (χ3v) is 6.75. The van der Waals surface area contributed by atoms with Crippen LogP contribution in [0.25, 0.3) is 0 Å². The summed E-state index contributed by atoms with van der Waals surface area (Å²) in [4.78, 5) is 20.6. The Labute approximate surface area is 269 Å². The number of imidazole rings is 2. The smallest absolute Gasteiger partial charge is 0.358 e. The molecule has 0 aromatic carbocycles. The summed E-state index contributed by atoms with van der Waals surface area (Å²) in [5.74, 6) is 0.811. The lowest BCUT2D eigenvalue weighted by molar-refractivity contribution is 0.0516. The molecule has 0 aliphatic carbocycles. The van der Waals surface area contributed by atoms with Crippen molar-refractivity contribution in [2.45, 2.75) is 164 Å². The van der Waals surface area contributed by atoms with Crippen molar-refractivity contribution < 1.29 is 9.53 Å². The molecular formula is C36H64N6O2. The topological polar surface area (TPSA) is 79.8 Å². The van der Waals surface area contributed by atoms with Gasteiger partial charge in [-0.3, -0.25) is 4.68 Å². The number of esters is 1. The Kier molecular flexibility index (Phi) is 12.1. The van der Waals surface area contributed by atoms with E-state index in [9.17, 15) is 4.79 Å². The van der Waals surface area contributed by atoms with Crippen LogP contribution in [-0.2, 0) is 37.6 Å². The predicted octanol–water partition coefficient (Wildman–Crippen LogP) is 8.98.